The molecule has 0 aliphatic carbocycles. The fourth-order valence-corrected chi connectivity index (χ4v) is 1.06. The quantitative estimate of drug-likeness (QED) is 0.388. The third-order valence-corrected chi connectivity index (χ3v) is 1.77. The minimum atomic E-state index is 0.719. The molecule has 1 heterocycles. The Hall–Kier alpha value is -1.77. The minimum absolute atomic E-state index is 0.719. The second-order valence-electron chi connectivity index (χ2n) is 2.97. The third-order valence-electron chi connectivity index (χ3n) is 1.77. The standard InChI is InChI=1S/C12H16N2O/c1-2-3-4-5-10-15-11-6-8-14-9-7-13-12-14/h2-5,7,9-10,12H,1,6,8,11H2/b4-3-,10-5+. The molecular formula is C12H16N2O. The van der Waals surface area contributed by atoms with Crippen LogP contribution in [0.4, 0.5) is 0 Å². The minimum Gasteiger partial charge on any atom is -0.501 e. The third kappa shape index (κ3) is 5.52. The molecule has 0 N–H and O–H groups in total. The van der Waals surface area contributed by atoms with Crippen molar-refractivity contribution in [3.8, 4) is 0 Å². The van der Waals surface area contributed by atoms with E-state index in [1.165, 1.54) is 0 Å². The van der Waals surface area contributed by atoms with E-state index in [-0.39, 0.29) is 0 Å². The normalized spacial score (nSPS) is 11.2. The van der Waals surface area contributed by atoms with Gasteiger partial charge in [-0.15, -0.1) is 0 Å². The molecule has 0 fully saturated rings. The van der Waals surface area contributed by atoms with Crippen molar-refractivity contribution in [3.63, 3.8) is 0 Å². The highest BCUT2D eigenvalue weighted by atomic mass is 16.5. The summed E-state index contributed by atoms with van der Waals surface area (Å²) in [5.74, 6) is 0. The number of allylic oxidation sites excluding steroid dienone is 4. The molecule has 0 aliphatic rings. The monoisotopic (exact) mass is 204 g/mol. The lowest BCUT2D eigenvalue weighted by molar-refractivity contribution is 0.238. The first-order valence-corrected chi connectivity index (χ1v) is 4.95. The van der Waals surface area contributed by atoms with Crippen molar-refractivity contribution in [2.75, 3.05) is 6.61 Å². The van der Waals surface area contributed by atoms with Crippen LogP contribution in [0.5, 0.6) is 0 Å². The van der Waals surface area contributed by atoms with E-state index in [4.69, 9.17) is 4.74 Å². The lowest BCUT2D eigenvalue weighted by Gasteiger charge is -2.01. The van der Waals surface area contributed by atoms with Crippen LogP contribution < -0.4 is 0 Å². The Morgan fingerprint density at radius 3 is 3.00 bits per heavy atom. The van der Waals surface area contributed by atoms with Crippen LogP contribution in [0.25, 0.3) is 0 Å². The number of hydrogen-bond donors (Lipinski definition) is 0. The Labute approximate surface area is 90.4 Å². The number of rotatable bonds is 7. The van der Waals surface area contributed by atoms with Crippen LogP contribution in [-0.4, -0.2) is 16.2 Å². The summed E-state index contributed by atoms with van der Waals surface area (Å²) in [4.78, 5) is 3.96. The van der Waals surface area contributed by atoms with Gasteiger partial charge >= 0.3 is 0 Å². The van der Waals surface area contributed by atoms with Crippen LogP contribution in [0.1, 0.15) is 6.42 Å². The first kappa shape index (κ1) is 11.3. The van der Waals surface area contributed by atoms with E-state index in [1.54, 1.807) is 18.5 Å². The summed E-state index contributed by atoms with van der Waals surface area (Å²) >= 11 is 0. The molecule has 80 valence electrons. The molecular weight excluding hydrogens is 188 g/mol. The average molecular weight is 204 g/mol. The van der Waals surface area contributed by atoms with Crippen LogP contribution >= 0.6 is 0 Å². The number of aryl methyl sites for hydroxylation is 1. The molecule has 1 rings (SSSR count). The predicted molar refractivity (Wildman–Crippen MR) is 61.3 cm³/mol. The maximum atomic E-state index is 5.28. The summed E-state index contributed by atoms with van der Waals surface area (Å²) in [5.41, 5.74) is 0. The Morgan fingerprint density at radius 2 is 2.27 bits per heavy atom. The topological polar surface area (TPSA) is 27.1 Å². The molecule has 3 heteroatoms. The van der Waals surface area contributed by atoms with Crippen molar-refractivity contribution >= 4 is 0 Å². The van der Waals surface area contributed by atoms with Crippen molar-refractivity contribution < 1.29 is 4.74 Å². The summed E-state index contributed by atoms with van der Waals surface area (Å²) < 4.78 is 7.31. The van der Waals surface area contributed by atoms with Gasteiger partial charge in [-0.05, 0) is 12.5 Å². The number of nitrogens with zero attached hydrogens (tertiary/aromatic N) is 2. The zero-order valence-corrected chi connectivity index (χ0v) is 8.75. The molecule has 0 radical (unpaired) electrons. The van der Waals surface area contributed by atoms with Crippen molar-refractivity contribution in [3.05, 3.63) is 55.9 Å². The Morgan fingerprint density at radius 1 is 1.33 bits per heavy atom. The lowest BCUT2D eigenvalue weighted by atomic mass is 10.4. The summed E-state index contributed by atoms with van der Waals surface area (Å²) in [6.45, 7) is 5.23. The van der Waals surface area contributed by atoms with Crippen LogP contribution in [-0.2, 0) is 11.3 Å². The smallest absolute Gasteiger partial charge is 0.0945 e. The van der Waals surface area contributed by atoms with Crippen molar-refractivity contribution in [1.82, 2.24) is 9.55 Å². The SMILES string of the molecule is C=C/C=C\C=C\OCCCn1ccnc1. The zero-order valence-electron chi connectivity index (χ0n) is 8.75. The molecule has 0 saturated heterocycles. The van der Waals surface area contributed by atoms with Gasteiger partial charge in [-0.3, -0.25) is 0 Å². The van der Waals surface area contributed by atoms with Crippen LogP contribution in [0, 0.1) is 0 Å². The molecule has 0 unspecified atom stereocenters. The summed E-state index contributed by atoms with van der Waals surface area (Å²) in [6, 6.07) is 0. The number of aromatic nitrogens is 2. The molecule has 0 aromatic carbocycles. The highest BCUT2D eigenvalue weighted by Gasteiger charge is 1.88. The van der Waals surface area contributed by atoms with Gasteiger partial charge in [-0.1, -0.05) is 24.8 Å². The number of imidazole rings is 1. The van der Waals surface area contributed by atoms with E-state index in [2.05, 4.69) is 11.6 Å². The van der Waals surface area contributed by atoms with E-state index in [0.29, 0.717) is 0 Å². The largest absolute Gasteiger partial charge is 0.501 e. The van der Waals surface area contributed by atoms with Gasteiger partial charge in [-0.2, -0.15) is 0 Å². The first-order chi connectivity index (χ1) is 7.43. The molecule has 0 spiro atoms. The van der Waals surface area contributed by atoms with E-state index in [9.17, 15) is 0 Å². The van der Waals surface area contributed by atoms with Crippen LogP contribution in [0.15, 0.2) is 55.9 Å². The van der Waals surface area contributed by atoms with Crippen molar-refractivity contribution in [2.45, 2.75) is 13.0 Å². The van der Waals surface area contributed by atoms with Gasteiger partial charge < -0.3 is 9.30 Å². The fraction of sp³-hybridized carbons (Fsp3) is 0.250. The molecule has 0 saturated carbocycles. The van der Waals surface area contributed by atoms with E-state index < -0.39 is 0 Å². The van der Waals surface area contributed by atoms with Gasteiger partial charge in [0.05, 0.1) is 19.2 Å². The second kappa shape index (κ2) is 7.62. The highest BCUT2D eigenvalue weighted by molar-refractivity contribution is 5.07. The van der Waals surface area contributed by atoms with E-state index in [0.717, 1.165) is 19.6 Å². The predicted octanol–water partition coefficient (Wildman–Crippen LogP) is 2.55. The van der Waals surface area contributed by atoms with Crippen molar-refractivity contribution in [2.24, 2.45) is 0 Å². The number of hydrogen-bond acceptors (Lipinski definition) is 2. The highest BCUT2D eigenvalue weighted by Crippen LogP contribution is 1.91. The first-order valence-electron chi connectivity index (χ1n) is 4.95. The van der Waals surface area contributed by atoms with Gasteiger partial charge in [0.25, 0.3) is 0 Å². The summed E-state index contributed by atoms with van der Waals surface area (Å²) in [5, 5.41) is 0. The molecule has 0 atom stereocenters. The zero-order chi connectivity index (χ0) is 10.8. The van der Waals surface area contributed by atoms with Crippen LogP contribution in [0.2, 0.25) is 0 Å². The molecule has 0 bridgehead atoms. The Kier molecular flexibility index (Phi) is 5.74. The van der Waals surface area contributed by atoms with Gasteiger partial charge in [0.2, 0.25) is 0 Å². The molecule has 0 aliphatic heterocycles. The maximum absolute atomic E-state index is 5.28. The van der Waals surface area contributed by atoms with E-state index in [1.807, 2.05) is 35.3 Å². The van der Waals surface area contributed by atoms with Gasteiger partial charge in [0, 0.05) is 18.9 Å². The Balaban J connectivity index is 2.00. The molecule has 0 amide bonds. The Bertz CT molecular complexity index is 312. The molecule has 1 aromatic rings. The summed E-state index contributed by atoms with van der Waals surface area (Å²) in [7, 11) is 0. The van der Waals surface area contributed by atoms with Gasteiger partial charge in [0.1, 0.15) is 0 Å². The average Bonchev–Trinajstić information content (AvgIpc) is 2.75. The maximum Gasteiger partial charge on any atom is 0.0945 e. The molecule has 3 nitrogen and oxygen atoms in total. The molecule has 1 aromatic heterocycles. The summed E-state index contributed by atoms with van der Waals surface area (Å²) in [6.07, 6.45) is 15.5. The van der Waals surface area contributed by atoms with Gasteiger partial charge in [0.15, 0.2) is 0 Å². The van der Waals surface area contributed by atoms with E-state index >= 15 is 0 Å². The van der Waals surface area contributed by atoms with Gasteiger partial charge in [-0.25, -0.2) is 4.98 Å². The second-order valence-corrected chi connectivity index (χ2v) is 2.97. The van der Waals surface area contributed by atoms with Crippen molar-refractivity contribution in [1.29, 1.82) is 0 Å². The van der Waals surface area contributed by atoms with Crippen LogP contribution in [0.3, 0.4) is 0 Å². The number of ether oxygens (including phenoxy) is 1. The lowest BCUT2D eigenvalue weighted by Crippen LogP contribution is -1.98. The fourth-order valence-electron chi connectivity index (χ4n) is 1.06. The molecule has 15 heavy (non-hydrogen) atoms.